The van der Waals surface area contributed by atoms with E-state index in [0.717, 1.165) is 10.0 Å². The van der Waals surface area contributed by atoms with Gasteiger partial charge in [-0.25, -0.2) is 4.79 Å². The molecule has 0 aliphatic carbocycles. The maximum atomic E-state index is 11.8. The summed E-state index contributed by atoms with van der Waals surface area (Å²) in [6, 6.07) is 12.2. The number of benzene rings is 2. The number of halogens is 2. The van der Waals surface area contributed by atoms with Gasteiger partial charge in [0.15, 0.2) is 13.2 Å². The Bertz CT molecular complexity index is 734. The van der Waals surface area contributed by atoms with Crippen LogP contribution in [0.1, 0.15) is 5.56 Å². The van der Waals surface area contributed by atoms with Crippen LogP contribution in [0.25, 0.3) is 0 Å². The average molecular weight is 413 g/mol. The minimum atomic E-state index is -0.629. The van der Waals surface area contributed by atoms with Crippen LogP contribution in [0.5, 0.6) is 5.75 Å². The number of amides is 1. The van der Waals surface area contributed by atoms with Crippen molar-refractivity contribution in [2.75, 3.05) is 18.5 Å². The highest BCUT2D eigenvalue weighted by molar-refractivity contribution is 9.10. The molecule has 126 valence electrons. The van der Waals surface area contributed by atoms with Gasteiger partial charge in [0.05, 0.1) is 0 Å². The van der Waals surface area contributed by atoms with Crippen molar-refractivity contribution in [3.05, 3.63) is 57.5 Å². The zero-order chi connectivity index (χ0) is 17.5. The zero-order valence-corrected chi connectivity index (χ0v) is 15.2. The van der Waals surface area contributed by atoms with Gasteiger partial charge in [0, 0.05) is 15.2 Å². The lowest BCUT2D eigenvalue weighted by molar-refractivity contribution is -0.149. The molecule has 7 heteroatoms. The molecular weight excluding hydrogens is 398 g/mol. The Labute approximate surface area is 153 Å². The molecule has 0 saturated carbocycles. The molecule has 0 radical (unpaired) electrons. The predicted molar refractivity (Wildman–Crippen MR) is 95.4 cm³/mol. The van der Waals surface area contributed by atoms with E-state index in [1.807, 2.05) is 0 Å². The number of ether oxygens (including phenoxy) is 2. The van der Waals surface area contributed by atoms with Gasteiger partial charge in [0.2, 0.25) is 0 Å². The first-order chi connectivity index (χ1) is 11.5. The van der Waals surface area contributed by atoms with E-state index in [4.69, 9.17) is 21.1 Å². The Balaban J connectivity index is 1.75. The van der Waals surface area contributed by atoms with Crippen molar-refractivity contribution in [2.45, 2.75) is 6.92 Å². The third kappa shape index (κ3) is 5.54. The fourth-order valence-electron chi connectivity index (χ4n) is 1.79. The van der Waals surface area contributed by atoms with Gasteiger partial charge in [0.1, 0.15) is 5.75 Å². The molecule has 2 aromatic rings. The second-order valence-corrected chi connectivity index (χ2v) is 6.19. The van der Waals surface area contributed by atoms with Gasteiger partial charge in [-0.15, -0.1) is 0 Å². The minimum Gasteiger partial charge on any atom is -0.482 e. The summed E-state index contributed by atoms with van der Waals surface area (Å²) < 4.78 is 11.0. The van der Waals surface area contributed by atoms with Crippen LogP contribution in [0.4, 0.5) is 5.69 Å². The molecule has 0 saturated heterocycles. The third-order valence-corrected chi connectivity index (χ3v) is 4.01. The largest absolute Gasteiger partial charge is 0.482 e. The van der Waals surface area contributed by atoms with Crippen molar-refractivity contribution < 1.29 is 19.1 Å². The second kappa shape index (κ2) is 8.70. The highest BCUT2D eigenvalue weighted by Crippen LogP contribution is 2.22. The lowest BCUT2D eigenvalue weighted by atomic mass is 10.2. The van der Waals surface area contributed by atoms with Crippen LogP contribution in [0.15, 0.2) is 46.9 Å². The third-order valence-electron chi connectivity index (χ3n) is 3.08. The van der Waals surface area contributed by atoms with Crippen molar-refractivity contribution in [1.82, 2.24) is 0 Å². The van der Waals surface area contributed by atoms with Crippen LogP contribution in [-0.2, 0) is 14.3 Å². The first-order valence-electron chi connectivity index (χ1n) is 7.04. The number of hydrogen-bond acceptors (Lipinski definition) is 4. The van der Waals surface area contributed by atoms with Gasteiger partial charge in [-0.2, -0.15) is 0 Å². The maximum Gasteiger partial charge on any atom is 0.344 e. The lowest BCUT2D eigenvalue weighted by Gasteiger charge is -2.10. The summed E-state index contributed by atoms with van der Waals surface area (Å²) in [5, 5.41) is 3.19. The number of anilines is 1. The average Bonchev–Trinajstić information content (AvgIpc) is 2.56. The van der Waals surface area contributed by atoms with E-state index in [9.17, 15) is 9.59 Å². The standard InChI is InChI=1S/C17H15BrClNO4/c1-11-14(19)3-2-4-15(11)20-16(21)9-24-17(22)10-23-13-7-5-12(18)6-8-13/h2-8H,9-10H2,1H3,(H,20,21). The molecule has 0 atom stereocenters. The molecule has 5 nitrogen and oxygen atoms in total. The molecule has 1 N–H and O–H groups in total. The van der Waals surface area contributed by atoms with Gasteiger partial charge in [0.25, 0.3) is 5.91 Å². The summed E-state index contributed by atoms with van der Waals surface area (Å²) in [4.78, 5) is 23.4. The summed E-state index contributed by atoms with van der Waals surface area (Å²) >= 11 is 9.28. The second-order valence-electron chi connectivity index (χ2n) is 4.86. The molecule has 0 bridgehead atoms. The van der Waals surface area contributed by atoms with Gasteiger partial charge < -0.3 is 14.8 Å². The Hall–Kier alpha value is -2.05. The number of nitrogens with one attached hydrogen (secondary N) is 1. The fraction of sp³-hybridized carbons (Fsp3) is 0.176. The fourth-order valence-corrected chi connectivity index (χ4v) is 2.23. The van der Waals surface area contributed by atoms with E-state index >= 15 is 0 Å². The Morgan fingerprint density at radius 1 is 1.12 bits per heavy atom. The van der Waals surface area contributed by atoms with E-state index < -0.39 is 18.5 Å². The summed E-state index contributed by atoms with van der Waals surface area (Å²) in [6.07, 6.45) is 0. The Kier molecular flexibility index (Phi) is 6.63. The molecule has 1 amide bonds. The minimum absolute atomic E-state index is 0.273. The van der Waals surface area contributed by atoms with E-state index in [2.05, 4.69) is 21.2 Å². The van der Waals surface area contributed by atoms with Crippen molar-refractivity contribution in [1.29, 1.82) is 0 Å². The normalized spacial score (nSPS) is 10.1. The summed E-state index contributed by atoms with van der Waals surface area (Å²) in [5.74, 6) is -0.539. The lowest BCUT2D eigenvalue weighted by Crippen LogP contribution is -2.24. The first kappa shape index (κ1) is 18.3. The maximum absolute atomic E-state index is 11.8. The van der Waals surface area contributed by atoms with Crippen LogP contribution in [0.3, 0.4) is 0 Å². The van der Waals surface area contributed by atoms with Crippen molar-refractivity contribution in [3.63, 3.8) is 0 Å². The quantitative estimate of drug-likeness (QED) is 0.729. The van der Waals surface area contributed by atoms with Crippen LogP contribution in [0, 0.1) is 6.92 Å². The van der Waals surface area contributed by atoms with E-state index in [1.54, 1.807) is 49.4 Å². The van der Waals surface area contributed by atoms with Crippen LogP contribution in [0.2, 0.25) is 5.02 Å². The molecule has 0 heterocycles. The topological polar surface area (TPSA) is 64.6 Å². The SMILES string of the molecule is Cc1c(Cl)cccc1NC(=O)COC(=O)COc1ccc(Br)cc1. The molecule has 0 fully saturated rings. The molecule has 2 aromatic carbocycles. The van der Waals surface area contributed by atoms with E-state index in [1.165, 1.54) is 0 Å². The zero-order valence-electron chi connectivity index (χ0n) is 12.8. The van der Waals surface area contributed by atoms with Gasteiger partial charge in [-0.1, -0.05) is 33.6 Å². The summed E-state index contributed by atoms with van der Waals surface area (Å²) in [5.41, 5.74) is 1.33. The number of hydrogen-bond donors (Lipinski definition) is 1. The summed E-state index contributed by atoms with van der Waals surface area (Å²) in [6.45, 7) is 1.12. The van der Waals surface area contributed by atoms with Gasteiger partial charge >= 0.3 is 5.97 Å². The first-order valence-corrected chi connectivity index (χ1v) is 8.22. The number of esters is 1. The summed E-state index contributed by atoms with van der Waals surface area (Å²) in [7, 11) is 0. The smallest absolute Gasteiger partial charge is 0.344 e. The van der Waals surface area contributed by atoms with Crippen LogP contribution < -0.4 is 10.1 Å². The number of carbonyl (C=O) groups is 2. The van der Waals surface area contributed by atoms with Crippen molar-refractivity contribution in [2.24, 2.45) is 0 Å². The van der Waals surface area contributed by atoms with Crippen LogP contribution in [-0.4, -0.2) is 25.1 Å². The van der Waals surface area contributed by atoms with E-state index in [0.29, 0.717) is 16.5 Å². The molecular formula is C17H15BrClNO4. The molecule has 0 spiro atoms. The molecule has 0 aliphatic rings. The molecule has 24 heavy (non-hydrogen) atoms. The predicted octanol–water partition coefficient (Wildman–Crippen LogP) is 3.97. The Morgan fingerprint density at radius 3 is 2.54 bits per heavy atom. The van der Waals surface area contributed by atoms with Crippen molar-refractivity contribution in [3.8, 4) is 5.75 Å². The Morgan fingerprint density at radius 2 is 1.83 bits per heavy atom. The molecule has 0 aromatic heterocycles. The van der Waals surface area contributed by atoms with Gasteiger partial charge in [-0.3, -0.25) is 4.79 Å². The number of carbonyl (C=O) groups excluding carboxylic acids is 2. The van der Waals surface area contributed by atoms with Gasteiger partial charge in [-0.05, 0) is 48.9 Å². The van der Waals surface area contributed by atoms with Crippen LogP contribution >= 0.6 is 27.5 Å². The molecule has 2 rings (SSSR count). The molecule has 0 unspecified atom stereocenters. The monoisotopic (exact) mass is 411 g/mol. The highest BCUT2D eigenvalue weighted by atomic mass is 79.9. The highest BCUT2D eigenvalue weighted by Gasteiger charge is 2.10. The number of rotatable bonds is 6. The van der Waals surface area contributed by atoms with Crippen molar-refractivity contribution >= 4 is 45.1 Å². The van der Waals surface area contributed by atoms with E-state index in [-0.39, 0.29) is 6.61 Å². The molecule has 0 aliphatic heterocycles.